The molecule has 1 saturated carbocycles. The molecule has 1 fully saturated rings. The Kier molecular flexibility index (Phi) is 5.20. The Morgan fingerprint density at radius 2 is 1.95 bits per heavy atom. The van der Waals surface area contributed by atoms with E-state index >= 15 is 0 Å². The molecule has 0 radical (unpaired) electrons. The summed E-state index contributed by atoms with van der Waals surface area (Å²) in [6.45, 7) is 2.06. The molecular formula is C16H22N2O3. The van der Waals surface area contributed by atoms with Crippen molar-refractivity contribution in [3.63, 3.8) is 0 Å². The summed E-state index contributed by atoms with van der Waals surface area (Å²) in [7, 11) is 0. The highest BCUT2D eigenvalue weighted by molar-refractivity contribution is 5.79. The molecule has 0 aliphatic heterocycles. The van der Waals surface area contributed by atoms with Gasteiger partial charge in [0.2, 0.25) is 0 Å². The number of carboxylic acids is 1. The van der Waals surface area contributed by atoms with Gasteiger partial charge in [-0.05, 0) is 24.8 Å². The first-order chi connectivity index (χ1) is 10.1. The van der Waals surface area contributed by atoms with E-state index in [4.69, 9.17) is 0 Å². The van der Waals surface area contributed by atoms with Gasteiger partial charge in [-0.2, -0.15) is 0 Å². The average Bonchev–Trinajstić information content (AvgIpc) is 3.23. The molecular weight excluding hydrogens is 268 g/mol. The summed E-state index contributed by atoms with van der Waals surface area (Å²) in [6.07, 6.45) is 3.50. The molecule has 0 saturated heterocycles. The number of nitrogens with one attached hydrogen (secondary N) is 2. The second kappa shape index (κ2) is 7.11. The van der Waals surface area contributed by atoms with Crippen molar-refractivity contribution in [2.45, 2.75) is 38.1 Å². The number of benzene rings is 1. The standard InChI is InChI=1S/C16H22N2O3/c1-11(9-12-7-8-12)18-16(21)17-10-14(15(19)20)13-5-3-2-4-6-13/h2-6,11-12,14H,7-10H2,1H3,(H,19,20)(H2,17,18,21). The van der Waals surface area contributed by atoms with Crippen LogP contribution in [0.3, 0.4) is 0 Å². The number of carbonyl (C=O) groups is 2. The molecule has 114 valence electrons. The summed E-state index contributed by atoms with van der Waals surface area (Å²) in [6, 6.07) is 8.76. The molecule has 2 amide bonds. The van der Waals surface area contributed by atoms with Gasteiger partial charge in [-0.15, -0.1) is 0 Å². The van der Waals surface area contributed by atoms with E-state index in [0.29, 0.717) is 5.56 Å². The molecule has 5 nitrogen and oxygen atoms in total. The van der Waals surface area contributed by atoms with Crippen molar-refractivity contribution in [2.24, 2.45) is 5.92 Å². The summed E-state index contributed by atoms with van der Waals surface area (Å²) in [4.78, 5) is 23.1. The minimum absolute atomic E-state index is 0.0847. The van der Waals surface area contributed by atoms with Crippen LogP contribution in [0.4, 0.5) is 4.79 Å². The lowest BCUT2D eigenvalue weighted by Gasteiger charge is -2.17. The number of hydrogen-bond donors (Lipinski definition) is 3. The van der Waals surface area contributed by atoms with Gasteiger partial charge in [-0.1, -0.05) is 43.2 Å². The minimum Gasteiger partial charge on any atom is -0.481 e. The van der Waals surface area contributed by atoms with Crippen molar-refractivity contribution in [3.8, 4) is 0 Å². The van der Waals surface area contributed by atoms with Crippen LogP contribution < -0.4 is 10.6 Å². The fourth-order valence-corrected chi connectivity index (χ4v) is 2.42. The first-order valence-electron chi connectivity index (χ1n) is 7.38. The monoisotopic (exact) mass is 290 g/mol. The van der Waals surface area contributed by atoms with Crippen LogP contribution in [-0.4, -0.2) is 29.7 Å². The largest absolute Gasteiger partial charge is 0.481 e. The lowest BCUT2D eigenvalue weighted by Crippen LogP contribution is -2.43. The zero-order valence-corrected chi connectivity index (χ0v) is 12.2. The molecule has 21 heavy (non-hydrogen) atoms. The molecule has 0 spiro atoms. The number of rotatable bonds is 7. The van der Waals surface area contributed by atoms with E-state index in [1.54, 1.807) is 24.3 Å². The highest BCUT2D eigenvalue weighted by Gasteiger charge is 2.25. The summed E-state index contributed by atoms with van der Waals surface area (Å²) in [5, 5.41) is 14.8. The molecule has 1 aliphatic carbocycles. The predicted molar refractivity (Wildman–Crippen MR) is 80.2 cm³/mol. The Morgan fingerprint density at radius 1 is 1.29 bits per heavy atom. The maximum atomic E-state index is 11.8. The van der Waals surface area contributed by atoms with E-state index < -0.39 is 11.9 Å². The van der Waals surface area contributed by atoms with E-state index in [2.05, 4.69) is 10.6 Å². The maximum Gasteiger partial charge on any atom is 0.315 e. The first-order valence-corrected chi connectivity index (χ1v) is 7.38. The van der Waals surface area contributed by atoms with Crippen molar-refractivity contribution < 1.29 is 14.7 Å². The van der Waals surface area contributed by atoms with Gasteiger partial charge in [0.05, 0.1) is 5.92 Å². The number of aliphatic carboxylic acids is 1. The number of carbonyl (C=O) groups excluding carboxylic acids is 1. The number of hydrogen-bond acceptors (Lipinski definition) is 2. The fraction of sp³-hybridized carbons (Fsp3) is 0.500. The Balaban J connectivity index is 1.81. The van der Waals surface area contributed by atoms with Crippen LogP contribution in [0, 0.1) is 5.92 Å². The van der Waals surface area contributed by atoms with Gasteiger partial charge < -0.3 is 15.7 Å². The molecule has 1 aliphatic rings. The third-order valence-corrected chi connectivity index (χ3v) is 3.73. The Morgan fingerprint density at radius 3 is 2.52 bits per heavy atom. The molecule has 2 unspecified atom stereocenters. The second-order valence-corrected chi connectivity index (χ2v) is 5.74. The molecule has 0 aromatic heterocycles. The normalized spacial score (nSPS) is 16.8. The van der Waals surface area contributed by atoms with Gasteiger partial charge >= 0.3 is 12.0 Å². The van der Waals surface area contributed by atoms with Gasteiger partial charge in [-0.3, -0.25) is 4.79 Å². The second-order valence-electron chi connectivity index (χ2n) is 5.74. The lowest BCUT2D eigenvalue weighted by molar-refractivity contribution is -0.138. The molecule has 0 bridgehead atoms. The van der Waals surface area contributed by atoms with E-state index in [1.807, 2.05) is 13.0 Å². The highest BCUT2D eigenvalue weighted by atomic mass is 16.4. The maximum absolute atomic E-state index is 11.8. The van der Waals surface area contributed by atoms with E-state index in [1.165, 1.54) is 12.8 Å². The Hall–Kier alpha value is -2.04. The van der Waals surface area contributed by atoms with Gasteiger partial charge in [0.25, 0.3) is 0 Å². The molecule has 1 aromatic carbocycles. The van der Waals surface area contributed by atoms with Crippen LogP contribution in [-0.2, 0) is 4.79 Å². The predicted octanol–water partition coefficient (Wildman–Crippen LogP) is 2.34. The fourth-order valence-electron chi connectivity index (χ4n) is 2.42. The molecule has 0 heterocycles. The molecule has 5 heteroatoms. The topological polar surface area (TPSA) is 78.4 Å². The van der Waals surface area contributed by atoms with Crippen LogP contribution in [0.15, 0.2) is 30.3 Å². The van der Waals surface area contributed by atoms with Crippen LogP contribution in [0.2, 0.25) is 0 Å². The highest BCUT2D eigenvalue weighted by Crippen LogP contribution is 2.33. The summed E-state index contributed by atoms with van der Waals surface area (Å²) < 4.78 is 0. The van der Waals surface area contributed by atoms with Crippen molar-refractivity contribution in [1.82, 2.24) is 10.6 Å². The summed E-state index contributed by atoms with van der Waals surface area (Å²) in [5.41, 5.74) is 0.691. The number of urea groups is 1. The Labute approximate surface area is 124 Å². The number of amides is 2. The van der Waals surface area contributed by atoms with Crippen LogP contribution in [0.1, 0.15) is 37.7 Å². The van der Waals surface area contributed by atoms with Gasteiger partial charge in [0, 0.05) is 12.6 Å². The van der Waals surface area contributed by atoms with E-state index in [-0.39, 0.29) is 18.6 Å². The average molecular weight is 290 g/mol. The smallest absolute Gasteiger partial charge is 0.315 e. The quantitative estimate of drug-likeness (QED) is 0.721. The van der Waals surface area contributed by atoms with Crippen molar-refractivity contribution in [1.29, 1.82) is 0 Å². The van der Waals surface area contributed by atoms with Crippen LogP contribution in [0.5, 0.6) is 0 Å². The van der Waals surface area contributed by atoms with Crippen molar-refractivity contribution in [3.05, 3.63) is 35.9 Å². The molecule has 1 aromatic rings. The van der Waals surface area contributed by atoms with Gasteiger partial charge in [0.15, 0.2) is 0 Å². The summed E-state index contributed by atoms with van der Waals surface area (Å²) >= 11 is 0. The van der Waals surface area contributed by atoms with Crippen LogP contribution in [0.25, 0.3) is 0 Å². The van der Waals surface area contributed by atoms with Gasteiger partial charge in [-0.25, -0.2) is 4.79 Å². The number of carboxylic acid groups (broad SMARTS) is 1. The Bertz CT molecular complexity index is 486. The van der Waals surface area contributed by atoms with E-state index in [0.717, 1.165) is 12.3 Å². The van der Waals surface area contributed by atoms with E-state index in [9.17, 15) is 14.7 Å². The van der Waals surface area contributed by atoms with Crippen LogP contribution >= 0.6 is 0 Å². The molecule has 2 atom stereocenters. The third-order valence-electron chi connectivity index (χ3n) is 3.73. The minimum atomic E-state index is -0.937. The van der Waals surface area contributed by atoms with Gasteiger partial charge in [0.1, 0.15) is 0 Å². The lowest BCUT2D eigenvalue weighted by atomic mass is 9.99. The molecule has 3 N–H and O–H groups in total. The van der Waals surface area contributed by atoms with Crippen molar-refractivity contribution >= 4 is 12.0 Å². The van der Waals surface area contributed by atoms with Crippen molar-refractivity contribution in [2.75, 3.05) is 6.54 Å². The summed E-state index contributed by atoms with van der Waals surface area (Å²) in [5.74, 6) is -0.917. The molecule has 2 rings (SSSR count). The SMILES string of the molecule is CC(CC1CC1)NC(=O)NCC(C(=O)O)c1ccccc1. The zero-order valence-electron chi connectivity index (χ0n) is 12.2. The third kappa shape index (κ3) is 5.10. The zero-order chi connectivity index (χ0) is 15.2. The first kappa shape index (κ1) is 15.4.